The second-order valence-corrected chi connectivity index (χ2v) is 5.62. The molecule has 0 saturated heterocycles. The highest BCUT2D eigenvalue weighted by atomic mass is 127. The van der Waals surface area contributed by atoms with Crippen LogP contribution in [0.1, 0.15) is 11.1 Å². The van der Waals surface area contributed by atoms with Gasteiger partial charge in [-0.05, 0) is 52.3 Å². The lowest BCUT2D eigenvalue weighted by molar-refractivity contribution is 0.480. The Hall–Kier alpha value is 0.640. The van der Waals surface area contributed by atoms with Crippen LogP contribution in [0.25, 0.3) is 0 Å². The molecular formula is C9H9I2N. The van der Waals surface area contributed by atoms with Crippen LogP contribution in [0.3, 0.4) is 0 Å². The first-order valence-corrected chi connectivity index (χ1v) is 5.98. The molecule has 0 amide bonds. The summed E-state index contributed by atoms with van der Waals surface area (Å²) in [6.45, 7) is 2.29. The van der Waals surface area contributed by atoms with Gasteiger partial charge in [0.25, 0.3) is 0 Å². The second-order valence-electron chi connectivity index (χ2n) is 3.01. The molecule has 1 nitrogen and oxygen atoms in total. The largest absolute Gasteiger partial charge is 0.243 e. The van der Waals surface area contributed by atoms with Crippen LogP contribution in [0, 0.1) is 3.57 Å². The minimum absolute atomic E-state index is 1.10. The Kier molecular flexibility index (Phi) is 2.91. The second kappa shape index (κ2) is 3.79. The van der Waals surface area contributed by atoms with Crippen molar-refractivity contribution in [3.05, 3.63) is 32.9 Å². The van der Waals surface area contributed by atoms with Gasteiger partial charge in [-0.25, -0.2) is 3.11 Å². The molecule has 2 rings (SSSR count). The summed E-state index contributed by atoms with van der Waals surface area (Å²) in [6, 6.07) is 6.75. The van der Waals surface area contributed by atoms with Crippen molar-refractivity contribution in [3.63, 3.8) is 0 Å². The van der Waals surface area contributed by atoms with E-state index >= 15 is 0 Å². The SMILES string of the molecule is Ic1ccc2c(c1)CN(I)CC2. The van der Waals surface area contributed by atoms with Crippen molar-refractivity contribution in [2.45, 2.75) is 13.0 Å². The van der Waals surface area contributed by atoms with Crippen LogP contribution in [-0.2, 0) is 13.0 Å². The summed E-state index contributed by atoms with van der Waals surface area (Å²) >= 11 is 4.77. The number of halogens is 2. The Morgan fingerprint density at radius 3 is 2.92 bits per heavy atom. The fourth-order valence-corrected chi connectivity index (χ4v) is 2.66. The lowest BCUT2D eigenvalue weighted by Gasteiger charge is -2.23. The van der Waals surface area contributed by atoms with Gasteiger partial charge in [0.15, 0.2) is 0 Å². The summed E-state index contributed by atoms with van der Waals surface area (Å²) in [5.74, 6) is 0. The zero-order valence-corrected chi connectivity index (χ0v) is 10.9. The molecule has 0 aliphatic carbocycles. The van der Waals surface area contributed by atoms with E-state index in [9.17, 15) is 0 Å². The molecule has 0 saturated carbocycles. The van der Waals surface area contributed by atoms with Gasteiger partial charge in [0.1, 0.15) is 0 Å². The van der Waals surface area contributed by atoms with E-state index in [1.165, 1.54) is 27.7 Å². The fourth-order valence-electron chi connectivity index (χ4n) is 1.49. The van der Waals surface area contributed by atoms with Crippen molar-refractivity contribution in [2.24, 2.45) is 0 Å². The van der Waals surface area contributed by atoms with Gasteiger partial charge in [0, 0.05) is 39.5 Å². The van der Waals surface area contributed by atoms with Gasteiger partial charge in [0.2, 0.25) is 0 Å². The third-order valence-corrected chi connectivity index (χ3v) is 3.63. The van der Waals surface area contributed by atoms with E-state index in [-0.39, 0.29) is 0 Å². The van der Waals surface area contributed by atoms with E-state index in [1.54, 1.807) is 0 Å². The summed E-state index contributed by atoms with van der Waals surface area (Å²) in [7, 11) is 0. The highest BCUT2D eigenvalue weighted by Gasteiger charge is 2.13. The highest BCUT2D eigenvalue weighted by Crippen LogP contribution is 2.22. The van der Waals surface area contributed by atoms with E-state index in [4.69, 9.17) is 0 Å². The van der Waals surface area contributed by atoms with E-state index in [0.717, 1.165) is 6.54 Å². The molecule has 12 heavy (non-hydrogen) atoms. The van der Waals surface area contributed by atoms with Gasteiger partial charge in [0.05, 0.1) is 0 Å². The van der Waals surface area contributed by atoms with Crippen molar-refractivity contribution >= 4 is 45.5 Å². The average Bonchev–Trinajstić information content (AvgIpc) is 2.03. The quantitative estimate of drug-likeness (QED) is 0.491. The Morgan fingerprint density at radius 2 is 2.08 bits per heavy atom. The van der Waals surface area contributed by atoms with E-state index in [2.05, 4.69) is 66.8 Å². The molecule has 1 aliphatic rings. The molecule has 1 aromatic rings. The van der Waals surface area contributed by atoms with E-state index in [1.807, 2.05) is 0 Å². The minimum Gasteiger partial charge on any atom is -0.243 e. The lowest BCUT2D eigenvalue weighted by atomic mass is 10.0. The molecule has 0 atom stereocenters. The molecule has 0 radical (unpaired) electrons. The molecule has 1 heterocycles. The monoisotopic (exact) mass is 385 g/mol. The molecule has 0 spiro atoms. The predicted octanol–water partition coefficient (Wildman–Crippen LogP) is 3.00. The maximum atomic E-state index is 2.40. The molecule has 0 unspecified atom stereocenters. The Morgan fingerprint density at radius 1 is 1.25 bits per heavy atom. The summed E-state index contributed by atoms with van der Waals surface area (Å²) in [5.41, 5.74) is 3.03. The first kappa shape index (κ1) is 9.21. The average molecular weight is 385 g/mol. The highest BCUT2D eigenvalue weighted by molar-refractivity contribution is 14.1. The normalized spacial score (nSPS) is 17.5. The first-order valence-electron chi connectivity index (χ1n) is 3.94. The van der Waals surface area contributed by atoms with Crippen LogP contribution < -0.4 is 0 Å². The zero-order chi connectivity index (χ0) is 8.55. The molecule has 1 aromatic carbocycles. The summed E-state index contributed by atoms with van der Waals surface area (Å²) in [6.07, 6.45) is 1.20. The van der Waals surface area contributed by atoms with Gasteiger partial charge >= 0.3 is 0 Å². The Labute approximate surface area is 100 Å². The number of fused-ring (bicyclic) bond motifs is 1. The van der Waals surface area contributed by atoms with Crippen LogP contribution in [0.5, 0.6) is 0 Å². The Balaban J connectivity index is 2.37. The van der Waals surface area contributed by atoms with Gasteiger partial charge in [-0.15, -0.1) is 0 Å². The van der Waals surface area contributed by atoms with Crippen molar-refractivity contribution in [3.8, 4) is 0 Å². The number of hydrogen-bond acceptors (Lipinski definition) is 1. The van der Waals surface area contributed by atoms with Crippen molar-refractivity contribution < 1.29 is 0 Å². The van der Waals surface area contributed by atoms with E-state index in [0.29, 0.717) is 0 Å². The number of benzene rings is 1. The summed E-state index contributed by atoms with van der Waals surface area (Å²) in [5, 5.41) is 0. The van der Waals surface area contributed by atoms with Gasteiger partial charge < -0.3 is 0 Å². The van der Waals surface area contributed by atoms with Crippen LogP contribution in [0.2, 0.25) is 0 Å². The molecule has 0 aromatic heterocycles. The number of hydrogen-bond donors (Lipinski definition) is 0. The molecule has 3 heteroatoms. The molecule has 0 N–H and O–H groups in total. The third kappa shape index (κ3) is 1.93. The van der Waals surface area contributed by atoms with Crippen molar-refractivity contribution in [2.75, 3.05) is 6.54 Å². The van der Waals surface area contributed by atoms with E-state index < -0.39 is 0 Å². The van der Waals surface area contributed by atoms with Crippen LogP contribution in [0.4, 0.5) is 0 Å². The summed E-state index contributed by atoms with van der Waals surface area (Å²) in [4.78, 5) is 0. The maximum Gasteiger partial charge on any atom is 0.0335 e. The molecule has 64 valence electrons. The summed E-state index contributed by atoms with van der Waals surface area (Å²) < 4.78 is 3.69. The zero-order valence-electron chi connectivity index (χ0n) is 6.56. The Bertz CT molecular complexity index is 299. The standard InChI is InChI=1S/C9H9I2N/c10-9-2-1-7-3-4-12(11)6-8(7)5-9/h1-2,5H,3-4,6H2. The lowest BCUT2D eigenvalue weighted by Crippen LogP contribution is -2.21. The molecule has 0 bridgehead atoms. The van der Waals surface area contributed by atoms with Gasteiger partial charge in [-0.3, -0.25) is 0 Å². The predicted molar refractivity (Wildman–Crippen MR) is 67.3 cm³/mol. The molecule has 1 aliphatic heterocycles. The topological polar surface area (TPSA) is 3.24 Å². The van der Waals surface area contributed by atoms with Gasteiger partial charge in [-0.2, -0.15) is 0 Å². The van der Waals surface area contributed by atoms with Crippen LogP contribution in [0.15, 0.2) is 18.2 Å². The molecule has 0 fully saturated rings. The van der Waals surface area contributed by atoms with Crippen LogP contribution >= 0.6 is 45.5 Å². The maximum absolute atomic E-state index is 2.40. The van der Waals surface area contributed by atoms with Crippen molar-refractivity contribution in [1.29, 1.82) is 0 Å². The number of rotatable bonds is 0. The smallest absolute Gasteiger partial charge is 0.0335 e. The minimum atomic E-state index is 1.10. The van der Waals surface area contributed by atoms with Crippen LogP contribution in [-0.4, -0.2) is 9.66 Å². The number of nitrogens with zero attached hydrogens (tertiary/aromatic N) is 1. The first-order chi connectivity index (χ1) is 5.75. The third-order valence-electron chi connectivity index (χ3n) is 2.13. The van der Waals surface area contributed by atoms with Crippen molar-refractivity contribution in [1.82, 2.24) is 3.11 Å². The fraction of sp³-hybridized carbons (Fsp3) is 0.333. The van der Waals surface area contributed by atoms with Gasteiger partial charge in [-0.1, -0.05) is 6.07 Å². The molecular weight excluding hydrogens is 376 g/mol.